The van der Waals surface area contributed by atoms with Gasteiger partial charge >= 0.3 is 0 Å². The molecule has 1 aromatic carbocycles. The van der Waals surface area contributed by atoms with Gasteiger partial charge in [0.15, 0.2) is 5.13 Å². The summed E-state index contributed by atoms with van der Waals surface area (Å²) >= 11 is 8.18. The highest BCUT2D eigenvalue weighted by Gasteiger charge is 2.36. The normalized spacial score (nSPS) is 14.0. The number of amides is 3. The zero-order valence-corrected chi connectivity index (χ0v) is 17.0. The zero-order chi connectivity index (χ0) is 19.6. The molecule has 1 aliphatic heterocycles. The lowest BCUT2D eigenvalue weighted by molar-refractivity contribution is -0.127. The number of rotatable bonds is 5. The molecule has 2 aromatic rings. The van der Waals surface area contributed by atoms with Crippen molar-refractivity contribution in [2.75, 3.05) is 11.9 Å². The van der Waals surface area contributed by atoms with E-state index in [1.165, 1.54) is 11.3 Å². The minimum absolute atomic E-state index is 0.329. The molecular formula is C18H16ClN3O3S2. The van der Waals surface area contributed by atoms with Gasteiger partial charge < -0.3 is 5.32 Å². The van der Waals surface area contributed by atoms with Crippen molar-refractivity contribution in [2.45, 2.75) is 20.3 Å². The van der Waals surface area contributed by atoms with Crippen molar-refractivity contribution in [3.8, 4) is 0 Å². The second kappa shape index (κ2) is 8.24. The molecule has 1 fully saturated rings. The minimum atomic E-state index is -0.462. The summed E-state index contributed by atoms with van der Waals surface area (Å²) in [7, 11) is 0. The summed E-state index contributed by atoms with van der Waals surface area (Å²) in [4.78, 5) is 42.8. The van der Waals surface area contributed by atoms with E-state index in [-0.39, 0.29) is 6.54 Å². The van der Waals surface area contributed by atoms with Crippen molar-refractivity contribution >= 4 is 56.9 Å². The van der Waals surface area contributed by atoms with E-state index in [0.717, 1.165) is 32.7 Å². The molecule has 1 N–H and O–H groups in total. The Bertz CT molecular complexity index is 951. The molecule has 0 radical (unpaired) electrons. The van der Waals surface area contributed by atoms with Crippen LogP contribution in [0.4, 0.5) is 9.93 Å². The first kappa shape index (κ1) is 19.6. The summed E-state index contributed by atoms with van der Waals surface area (Å²) in [5.74, 6) is -0.892. The Morgan fingerprint density at radius 3 is 2.74 bits per heavy atom. The van der Waals surface area contributed by atoms with Gasteiger partial charge in [-0.15, -0.1) is 11.3 Å². The molecule has 0 aliphatic carbocycles. The Balaban J connectivity index is 1.61. The largest absolute Gasteiger partial charge is 0.300 e. The van der Waals surface area contributed by atoms with Crippen molar-refractivity contribution in [1.82, 2.24) is 9.88 Å². The van der Waals surface area contributed by atoms with Crippen LogP contribution in [-0.2, 0) is 16.0 Å². The number of halogens is 1. The van der Waals surface area contributed by atoms with Crippen LogP contribution in [0, 0.1) is 0 Å². The van der Waals surface area contributed by atoms with Gasteiger partial charge in [-0.2, -0.15) is 0 Å². The third kappa shape index (κ3) is 4.77. The van der Waals surface area contributed by atoms with Crippen molar-refractivity contribution in [2.24, 2.45) is 0 Å². The maximum Gasteiger partial charge on any atom is 0.294 e. The third-order valence-electron chi connectivity index (χ3n) is 3.67. The molecule has 0 unspecified atom stereocenters. The van der Waals surface area contributed by atoms with Crippen LogP contribution < -0.4 is 5.32 Å². The van der Waals surface area contributed by atoms with Gasteiger partial charge in [-0.25, -0.2) is 4.98 Å². The van der Waals surface area contributed by atoms with Crippen molar-refractivity contribution < 1.29 is 14.4 Å². The van der Waals surface area contributed by atoms with Crippen LogP contribution in [-0.4, -0.2) is 33.5 Å². The van der Waals surface area contributed by atoms with Gasteiger partial charge in [-0.1, -0.05) is 29.3 Å². The number of carbonyl (C=O) groups excluding carboxylic acids is 3. The lowest BCUT2D eigenvalue weighted by Gasteiger charge is -2.11. The molecule has 0 bridgehead atoms. The fraction of sp³-hybridized carbons (Fsp3) is 0.222. The lowest BCUT2D eigenvalue weighted by Crippen LogP contribution is -2.36. The topological polar surface area (TPSA) is 79.4 Å². The number of nitrogens with one attached hydrogen (secondary N) is 1. The van der Waals surface area contributed by atoms with E-state index in [2.05, 4.69) is 10.3 Å². The smallest absolute Gasteiger partial charge is 0.294 e. The fourth-order valence-electron chi connectivity index (χ4n) is 2.44. The molecule has 1 aliphatic rings. The monoisotopic (exact) mass is 421 g/mol. The molecule has 6 nitrogen and oxygen atoms in total. The Hall–Kier alpha value is -2.16. The summed E-state index contributed by atoms with van der Waals surface area (Å²) in [6, 6.07) is 7.53. The molecule has 0 saturated carbocycles. The SMILES string of the molecule is CC(C)=C1SC(=O)N(CC(=O)Nc2ncc(Cc3cccc(Cl)c3)s2)C1=O. The number of carbonyl (C=O) groups is 3. The van der Waals surface area contributed by atoms with Gasteiger partial charge in [0, 0.05) is 22.5 Å². The number of benzene rings is 1. The molecule has 1 saturated heterocycles. The highest BCUT2D eigenvalue weighted by atomic mass is 35.5. The molecule has 2 heterocycles. The maximum atomic E-state index is 12.2. The van der Waals surface area contributed by atoms with Crippen LogP contribution in [0.2, 0.25) is 5.02 Å². The van der Waals surface area contributed by atoms with E-state index >= 15 is 0 Å². The van der Waals surface area contributed by atoms with Crippen molar-refractivity contribution in [3.63, 3.8) is 0 Å². The van der Waals surface area contributed by atoms with Gasteiger partial charge in [0.1, 0.15) is 6.54 Å². The van der Waals surface area contributed by atoms with E-state index < -0.39 is 17.1 Å². The number of aromatic nitrogens is 1. The number of hydrogen-bond donors (Lipinski definition) is 1. The highest BCUT2D eigenvalue weighted by molar-refractivity contribution is 8.18. The standard InChI is InChI=1S/C18H16ClN3O3S2/c1-10(2)15-16(24)22(18(25)27-15)9-14(23)21-17-20-8-13(26-17)7-11-4-3-5-12(19)6-11/h3-6,8H,7,9H2,1-2H3,(H,20,21,23). The molecule has 3 rings (SSSR count). The summed E-state index contributed by atoms with van der Waals surface area (Å²) in [6.07, 6.45) is 2.34. The number of thiazole rings is 1. The van der Waals surface area contributed by atoms with E-state index in [0.29, 0.717) is 21.5 Å². The number of nitrogens with zero attached hydrogens (tertiary/aromatic N) is 2. The molecule has 0 spiro atoms. The molecule has 0 atom stereocenters. The van der Waals surface area contributed by atoms with Crippen LogP contribution in [0.3, 0.4) is 0 Å². The fourth-order valence-corrected chi connectivity index (χ4v) is 4.35. The Morgan fingerprint density at radius 2 is 2.07 bits per heavy atom. The minimum Gasteiger partial charge on any atom is -0.300 e. The Labute approximate surface area is 169 Å². The van der Waals surface area contributed by atoms with Crippen molar-refractivity contribution in [1.29, 1.82) is 0 Å². The van der Waals surface area contributed by atoms with Crippen LogP contribution >= 0.6 is 34.7 Å². The predicted octanol–water partition coefficient (Wildman–Crippen LogP) is 4.32. The van der Waals surface area contributed by atoms with E-state index in [1.807, 2.05) is 24.3 Å². The first-order valence-electron chi connectivity index (χ1n) is 8.03. The molecule has 1 aromatic heterocycles. The molecule has 27 heavy (non-hydrogen) atoms. The predicted molar refractivity (Wildman–Crippen MR) is 108 cm³/mol. The van der Waals surface area contributed by atoms with Crippen LogP contribution in [0.1, 0.15) is 24.3 Å². The van der Waals surface area contributed by atoms with E-state index in [4.69, 9.17) is 11.6 Å². The van der Waals surface area contributed by atoms with Crippen molar-refractivity contribution in [3.05, 3.63) is 56.4 Å². The molecule has 3 amide bonds. The first-order chi connectivity index (χ1) is 12.8. The number of allylic oxidation sites excluding steroid dienone is 1. The van der Waals surface area contributed by atoms with Gasteiger partial charge in [0.25, 0.3) is 11.1 Å². The molecular weight excluding hydrogens is 406 g/mol. The maximum absolute atomic E-state index is 12.2. The average Bonchev–Trinajstić information content (AvgIpc) is 3.14. The first-order valence-corrected chi connectivity index (χ1v) is 10.0. The van der Waals surface area contributed by atoms with Gasteiger partial charge in [-0.05, 0) is 43.3 Å². The number of hydrogen-bond acceptors (Lipinski definition) is 6. The highest BCUT2D eigenvalue weighted by Crippen LogP contribution is 2.32. The third-order valence-corrected chi connectivity index (χ3v) is 6.00. The van der Waals surface area contributed by atoms with E-state index in [1.54, 1.807) is 20.0 Å². The van der Waals surface area contributed by atoms with Crippen LogP contribution in [0.25, 0.3) is 0 Å². The Morgan fingerprint density at radius 1 is 1.30 bits per heavy atom. The lowest BCUT2D eigenvalue weighted by atomic mass is 10.1. The second-order valence-electron chi connectivity index (χ2n) is 6.07. The number of imide groups is 1. The van der Waals surface area contributed by atoms with Gasteiger partial charge in [0.2, 0.25) is 5.91 Å². The van der Waals surface area contributed by atoms with Crippen LogP contribution in [0.5, 0.6) is 0 Å². The number of thioether (sulfide) groups is 1. The summed E-state index contributed by atoms with van der Waals surface area (Å²) in [5.41, 5.74) is 1.80. The number of anilines is 1. The summed E-state index contributed by atoms with van der Waals surface area (Å²) < 4.78 is 0. The zero-order valence-electron chi connectivity index (χ0n) is 14.6. The molecule has 9 heteroatoms. The Kier molecular flexibility index (Phi) is 5.98. The van der Waals surface area contributed by atoms with E-state index in [9.17, 15) is 14.4 Å². The summed E-state index contributed by atoms with van der Waals surface area (Å²) in [6.45, 7) is 3.19. The summed E-state index contributed by atoms with van der Waals surface area (Å²) in [5, 5.41) is 3.29. The van der Waals surface area contributed by atoms with Gasteiger partial charge in [-0.3, -0.25) is 19.3 Å². The van der Waals surface area contributed by atoms with Crippen LogP contribution in [0.15, 0.2) is 40.9 Å². The average molecular weight is 422 g/mol. The quantitative estimate of drug-likeness (QED) is 0.727. The molecule has 140 valence electrons. The van der Waals surface area contributed by atoms with Gasteiger partial charge in [0.05, 0.1) is 4.91 Å². The second-order valence-corrected chi connectivity index (χ2v) is 8.59.